The van der Waals surface area contributed by atoms with E-state index in [1.165, 1.54) is 7.05 Å². The number of fused-ring (bicyclic) bond motifs is 1. The molecule has 0 radical (unpaired) electrons. The Balaban J connectivity index is 0.000000774. The Morgan fingerprint density at radius 1 is 1.19 bits per heavy atom. The van der Waals surface area contributed by atoms with Crippen LogP contribution in [-0.2, 0) is 0 Å². The highest BCUT2D eigenvalue weighted by molar-refractivity contribution is 6.33. The first-order chi connectivity index (χ1) is 10.2. The van der Waals surface area contributed by atoms with Crippen molar-refractivity contribution in [2.24, 2.45) is 5.73 Å². The molecule has 3 rings (SSSR count). The van der Waals surface area contributed by atoms with Crippen molar-refractivity contribution >= 4 is 11.6 Å². The number of benzene rings is 2. The molecule has 1 heterocycles. The van der Waals surface area contributed by atoms with Gasteiger partial charge in [0.15, 0.2) is 23.1 Å². The Labute approximate surface area is 126 Å². The molecule has 0 saturated heterocycles. The SMILES string of the molecule is CN.Oc1c(F)cc2c(c1-c1ccccc1Cl)OCCO2. The molecule has 112 valence electrons. The van der Waals surface area contributed by atoms with Gasteiger partial charge in [-0.2, -0.15) is 0 Å². The van der Waals surface area contributed by atoms with E-state index in [0.717, 1.165) is 6.07 Å². The van der Waals surface area contributed by atoms with Crippen LogP contribution in [0.3, 0.4) is 0 Å². The Kier molecular flexibility index (Phi) is 4.88. The van der Waals surface area contributed by atoms with Crippen LogP contribution in [0.2, 0.25) is 5.02 Å². The van der Waals surface area contributed by atoms with Crippen LogP contribution in [0.4, 0.5) is 4.39 Å². The third-order valence-corrected chi connectivity index (χ3v) is 3.23. The lowest BCUT2D eigenvalue weighted by Gasteiger charge is -2.22. The molecule has 6 heteroatoms. The van der Waals surface area contributed by atoms with Gasteiger partial charge in [-0.25, -0.2) is 4.39 Å². The minimum Gasteiger partial charge on any atom is -0.504 e. The van der Waals surface area contributed by atoms with Gasteiger partial charge in [0.1, 0.15) is 13.2 Å². The first-order valence-corrected chi connectivity index (χ1v) is 6.70. The fourth-order valence-corrected chi connectivity index (χ4v) is 2.29. The Morgan fingerprint density at radius 2 is 1.86 bits per heavy atom. The average molecular weight is 312 g/mol. The van der Waals surface area contributed by atoms with Crippen LogP contribution in [0.25, 0.3) is 11.1 Å². The van der Waals surface area contributed by atoms with E-state index >= 15 is 0 Å². The van der Waals surface area contributed by atoms with Crippen molar-refractivity contribution in [1.29, 1.82) is 0 Å². The molecule has 4 nitrogen and oxygen atoms in total. The lowest BCUT2D eigenvalue weighted by Crippen LogP contribution is -2.16. The predicted molar refractivity (Wildman–Crippen MR) is 79.6 cm³/mol. The van der Waals surface area contributed by atoms with E-state index in [0.29, 0.717) is 29.5 Å². The Bertz CT molecular complexity index is 649. The quantitative estimate of drug-likeness (QED) is 0.849. The first kappa shape index (κ1) is 15.4. The van der Waals surface area contributed by atoms with Gasteiger partial charge >= 0.3 is 0 Å². The fourth-order valence-electron chi connectivity index (χ4n) is 2.06. The number of phenolic OH excluding ortho intramolecular Hbond substituents is 1. The van der Waals surface area contributed by atoms with Crippen LogP contribution < -0.4 is 15.2 Å². The molecule has 21 heavy (non-hydrogen) atoms. The first-order valence-electron chi connectivity index (χ1n) is 6.32. The number of nitrogens with two attached hydrogens (primary N) is 1. The smallest absolute Gasteiger partial charge is 0.173 e. The van der Waals surface area contributed by atoms with E-state index < -0.39 is 11.6 Å². The van der Waals surface area contributed by atoms with Gasteiger partial charge in [0.05, 0.1) is 5.56 Å². The fraction of sp³-hybridized carbons (Fsp3) is 0.200. The normalized spacial score (nSPS) is 12.4. The van der Waals surface area contributed by atoms with Crippen LogP contribution >= 0.6 is 11.6 Å². The maximum atomic E-state index is 13.8. The molecule has 2 aromatic rings. The molecule has 2 aromatic carbocycles. The van der Waals surface area contributed by atoms with Crippen molar-refractivity contribution < 1.29 is 19.0 Å². The zero-order chi connectivity index (χ0) is 15.4. The summed E-state index contributed by atoms with van der Waals surface area (Å²) < 4.78 is 24.6. The summed E-state index contributed by atoms with van der Waals surface area (Å²) in [7, 11) is 1.50. The molecule has 0 unspecified atom stereocenters. The summed E-state index contributed by atoms with van der Waals surface area (Å²) in [6.45, 7) is 0.689. The minimum atomic E-state index is -0.765. The molecule has 1 aliphatic rings. The van der Waals surface area contributed by atoms with Crippen molar-refractivity contribution in [2.45, 2.75) is 0 Å². The monoisotopic (exact) mass is 311 g/mol. The summed E-state index contributed by atoms with van der Waals surface area (Å²) in [5.41, 5.74) is 5.23. The molecular weight excluding hydrogens is 297 g/mol. The van der Waals surface area contributed by atoms with E-state index in [9.17, 15) is 9.50 Å². The highest BCUT2D eigenvalue weighted by Gasteiger charge is 2.25. The van der Waals surface area contributed by atoms with Gasteiger partial charge in [0.2, 0.25) is 0 Å². The van der Waals surface area contributed by atoms with Gasteiger partial charge in [-0.3, -0.25) is 0 Å². The summed E-state index contributed by atoms with van der Waals surface area (Å²) in [4.78, 5) is 0. The van der Waals surface area contributed by atoms with Crippen molar-refractivity contribution in [2.75, 3.05) is 20.3 Å². The van der Waals surface area contributed by atoms with Gasteiger partial charge in [0.25, 0.3) is 0 Å². The maximum absolute atomic E-state index is 13.8. The number of halogens is 2. The van der Waals surface area contributed by atoms with Crippen LogP contribution in [-0.4, -0.2) is 25.4 Å². The van der Waals surface area contributed by atoms with Crippen molar-refractivity contribution in [1.82, 2.24) is 0 Å². The molecule has 0 fully saturated rings. The second-order valence-electron chi connectivity index (χ2n) is 4.09. The minimum absolute atomic E-state index is 0.223. The van der Waals surface area contributed by atoms with Gasteiger partial charge in [-0.15, -0.1) is 0 Å². The molecular formula is C15H15ClFNO3. The van der Waals surface area contributed by atoms with Crippen LogP contribution in [0.1, 0.15) is 0 Å². The van der Waals surface area contributed by atoms with Crippen LogP contribution in [0.15, 0.2) is 30.3 Å². The van der Waals surface area contributed by atoms with E-state index in [-0.39, 0.29) is 11.3 Å². The van der Waals surface area contributed by atoms with Gasteiger partial charge in [0, 0.05) is 16.7 Å². The number of ether oxygens (including phenoxy) is 2. The zero-order valence-corrected chi connectivity index (χ0v) is 12.2. The third-order valence-electron chi connectivity index (χ3n) is 2.90. The van der Waals surface area contributed by atoms with Crippen LogP contribution in [0.5, 0.6) is 17.2 Å². The highest BCUT2D eigenvalue weighted by Crippen LogP contribution is 2.48. The summed E-state index contributed by atoms with van der Waals surface area (Å²) >= 11 is 6.10. The van der Waals surface area contributed by atoms with E-state index in [2.05, 4.69) is 5.73 Å². The summed E-state index contributed by atoms with van der Waals surface area (Å²) in [6, 6.07) is 7.98. The second kappa shape index (κ2) is 6.65. The molecule has 3 N–H and O–H groups in total. The van der Waals surface area contributed by atoms with Crippen molar-refractivity contribution in [3.63, 3.8) is 0 Å². The number of phenols is 1. The van der Waals surface area contributed by atoms with Gasteiger partial charge in [-0.1, -0.05) is 29.8 Å². The molecule has 1 aliphatic heterocycles. The van der Waals surface area contributed by atoms with E-state index in [4.69, 9.17) is 21.1 Å². The number of hydrogen-bond donors (Lipinski definition) is 2. The summed E-state index contributed by atoms with van der Waals surface area (Å²) in [5.74, 6) is -0.661. The second-order valence-corrected chi connectivity index (χ2v) is 4.49. The third kappa shape index (κ3) is 2.89. The highest BCUT2D eigenvalue weighted by atomic mass is 35.5. The van der Waals surface area contributed by atoms with E-state index in [1.54, 1.807) is 24.3 Å². The molecule has 0 amide bonds. The van der Waals surface area contributed by atoms with Gasteiger partial charge in [-0.05, 0) is 13.1 Å². The Hall–Kier alpha value is -1.98. The number of hydrogen-bond acceptors (Lipinski definition) is 4. The van der Waals surface area contributed by atoms with Crippen molar-refractivity contribution in [3.05, 3.63) is 41.2 Å². The summed E-state index contributed by atoms with van der Waals surface area (Å²) in [6.07, 6.45) is 0. The van der Waals surface area contributed by atoms with Gasteiger partial charge < -0.3 is 20.3 Å². The van der Waals surface area contributed by atoms with Crippen molar-refractivity contribution in [3.8, 4) is 28.4 Å². The lowest BCUT2D eigenvalue weighted by molar-refractivity contribution is 0.170. The predicted octanol–water partition coefficient (Wildman–Crippen LogP) is 3.20. The zero-order valence-electron chi connectivity index (χ0n) is 11.4. The Morgan fingerprint density at radius 3 is 2.57 bits per heavy atom. The molecule has 0 spiro atoms. The molecule has 0 saturated carbocycles. The molecule has 0 bridgehead atoms. The number of aromatic hydroxyl groups is 1. The molecule has 0 atom stereocenters. The average Bonchev–Trinajstić information content (AvgIpc) is 2.52. The standard InChI is InChI=1S/C14H10ClFO3.CH5N/c15-9-4-2-1-3-8(9)12-13(17)10(16)7-11-14(12)19-6-5-18-11;1-2/h1-4,7,17H,5-6H2;2H2,1H3. The lowest BCUT2D eigenvalue weighted by atomic mass is 10.0. The van der Waals surface area contributed by atoms with Crippen LogP contribution in [0, 0.1) is 5.82 Å². The number of rotatable bonds is 1. The molecule has 0 aliphatic carbocycles. The topological polar surface area (TPSA) is 64.7 Å². The largest absolute Gasteiger partial charge is 0.504 e. The maximum Gasteiger partial charge on any atom is 0.173 e. The summed E-state index contributed by atoms with van der Waals surface area (Å²) in [5, 5.41) is 10.4. The van der Waals surface area contributed by atoms with E-state index in [1.807, 2.05) is 0 Å². The molecule has 0 aromatic heterocycles.